The summed E-state index contributed by atoms with van der Waals surface area (Å²) in [6, 6.07) is 40.4. The van der Waals surface area contributed by atoms with E-state index in [0.29, 0.717) is 42.0 Å². The summed E-state index contributed by atoms with van der Waals surface area (Å²) in [7, 11) is 8.51. The highest BCUT2D eigenvalue weighted by Crippen LogP contribution is 2.45. The van der Waals surface area contributed by atoms with Crippen LogP contribution in [0.2, 0.25) is 0 Å². The van der Waals surface area contributed by atoms with Gasteiger partial charge in [-0.25, -0.2) is 0 Å². The Balaban J connectivity index is 0.000000140. The number of Topliss-reactive ketones (excluding diaryl/α,β-unsaturated/α-hetero) is 7. The van der Waals surface area contributed by atoms with Gasteiger partial charge in [0.25, 0.3) is 0 Å². The molecule has 2 unspecified atom stereocenters. The normalized spacial score (nSPS) is 15.6. The van der Waals surface area contributed by atoms with E-state index in [2.05, 4.69) is 135 Å². The third kappa shape index (κ3) is 16.6. The lowest BCUT2D eigenvalue weighted by Crippen LogP contribution is -2.26. The number of carbonyl (C=O) groups excluding carboxylic acids is 7. The fourth-order valence-corrected chi connectivity index (χ4v) is 18.2. The van der Waals surface area contributed by atoms with Crippen molar-refractivity contribution in [3.05, 3.63) is 184 Å². The van der Waals surface area contributed by atoms with Gasteiger partial charge in [-0.2, -0.15) is 0 Å². The molecule has 0 bridgehead atoms. The van der Waals surface area contributed by atoms with Crippen LogP contribution in [0, 0.1) is 11.8 Å². The maximum Gasteiger partial charge on any atom is 0.165 e. The second-order valence-corrected chi connectivity index (χ2v) is 32.9. The Kier molecular flexibility index (Phi) is 25.7. The van der Waals surface area contributed by atoms with E-state index in [9.17, 15) is 43.8 Å². The van der Waals surface area contributed by atoms with Crippen LogP contribution in [0.15, 0.2) is 128 Å². The molecule has 18 heteroatoms. The second-order valence-electron chi connectivity index (χ2n) is 32.9. The number of phenolic OH excluding ortho intramolecular Hbond substituents is 2. The van der Waals surface area contributed by atoms with Crippen molar-refractivity contribution < 1.29 is 43.8 Å². The van der Waals surface area contributed by atoms with E-state index < -0.39 is 0 Å². The first kappa shape index (κ1) is 83.5. The molecule has 2 N–H and O–H groups in total. The van der Waals surface area contributed by atoms with E-state index in [0.717, 1.165) is 179 Å². The molecule has 12 aromatic rings. The standard InChI is InChI=1S/C25H32N2O2.C25H28N2O.C23H26N2O4.C23H26N2O2.ClH/c1-16(2)24(28)18-8-10-22-20(14-18)21-15-19(25(29)17(3)4)9-11-23(21)27(22)13-7-12-26(5)6;1-4-26(5-2)14-15-27-21-11-8-17-16(3)6-7-19(17)24(21)25-20-10-13-23(28)18(20)9-12-22(25)27;1-13(26)16-9-18-19-10-17(14(2)27)23(29)12-21(19)25(20(18)11-22(16)28)8-6-15-5-4-7-24(15)3;1-15(26)17-6-8-22-20(13-17)21-14-18(16(2)27)7-9-23(21)25(22)12-10-19-5-4-11-24(19)3;/h8-11,14-17H,7,12-13H2,1-6H3;8-9,11-12H,3-7,10,13-15H2,1-2H3;9-12,15,28-29H,4-8H2,1-3H3;6-9,13-14,19H,4-5,10-12H2,1-3H3;1H. The number of carbonyl (C=O) groups is 7. The SMILES string of the molecule is C=C1CCc2c1ccc1c2c2c3c(ccc2n1CCN(CC)CC)C(=O)CC3.CC(=O)c1cc2c3cc(C(C)=O)c(O)cc3n(CCC3CCCN3C)c2cc1O.CC(=O)c1ccc2c(c1)c1cc(C(C)=O)ccc1n2CCC1CCCN1C.CC(C)C(=O)c1ccc2c(c1)c1cc(C(=O)C(C)C)ccc1n2CCCN(C)C.Cl. The summed E-state index contributed by atoms with van der Waals surface area (Å²) >= 11 is 0. The van der Waals surface area contributed by atoms with Crippen molar-refractivity contribution in [1.82, 2.24) is 37.9 Å². The Labute approximate surface area is 675 Å². The van der Waals surface area contributed by atoms with E-state index in [1.165, 1.54) is 83.7 Å². The van der Waals surface area contributed by atoms with Crippen molar-refractivity contribution in [2.75, 3.05) is 67.5 Å². The number of phenols is 2. The molecule has 2 saturated heterocycles. The molecule has 16 rings (SSSR count). The first-order valence-corrected chi connectivity index (χ1v) is 40.9. The largest absolute Gasteiger partial charge is 0.507 e. The molecule has 2 aliphatic carbocycles. The number of aryl methyl sites for hydroxylation is 5. The van der Waals surface area contributed by atoms with Crippen LogP contribution in [-0.4, -0.2) is 168 Å². The zero-order chi connectivity index (χ0) is 80.7. The van der Waals surface area contributed by atoms with E-state index in [4.69, 9.17) is 0 Å². The highest BCUT2D eigenvalue weighted by molar-refractivity contribution is 6.19. The number of aromatic hydroxyl groups is 2. The Hall–Kier alpha value is -9.88. The van der Waals surface area contributed by atoms with E-state index in [1.807, 2.05) is 76.2 Å². The van der Waals surface area contributed by atoms with Gasteiger partial charge in [-0.3, -0.25) is 33.6 Å². The summed E-state index contributed by atoms with van der Waals surface area (Å²) in [6.07, 6.45) is 11.6. The van der Waals surface area contributed by atoms with Crippen molar-refractivity contribution in [1.29, 1.82) is 0 Å². The van der Waals surface area contributed by atoms with Crippen molar-refractivity contribution in [3.63, 3.8) is 0 Å². The lowest BCUT2D eigenvalue weighted by Gasteiger charge is -2.20. The third-order valence-electron chi connectivity index (χ3n) is 24.6. The van der Waals surface area contributed by atoms with Gasteiger partial charge in [0.15, 0.2) is 40.5 Å². The molecule has 0 spiro atoms. The zero-order valence-corrected chi connectivity index (χ0v) is 70.0. The number of hydrogen-bond acceptors (Lipinski definition) is 13. The van der Waals surface area contributed by atoms with Crippen LogP contribution in [0.4, 0.5) is 0 Å². The summed E-state index contributed by atoms with van der Waals surface area (Å²) in [5, 5.41) is 29.3. The van der Waals surface area contributed by atoms with Crippen LogP contribution in [0.1, 0.15) is 216 Å². The molecule has 598 valence electrons. The predicted molar refractivity (Wildman–Crippen MR) is 468 cm³/mol. The van der Waals surface area contributed by atoms with Crippen LogP contribution in [0.5, 0.6) is 11.5 Å². The predicted octanol–water partition coefficient (Wildman–Crippen LogP) is 19.8. The van der Waals surface area contributed by atoms with E-state index >= 15 is 0 Å². The Bertz CT molecular complexity index is 5490. The quantitative estimate of drug-likeness (QED) is 0.0575. The van der Waals surface area contributed by atoms with E-state index in [-0.39, 0.29) is 81.6 Å². The van der Waals surface area contributed by atoms with Crippen LogP contribution < -0.4 is 0 Å². The summed E-state index contributed by atoms with van der Waals surface area (Å²) in [4.78, 5) is 94.7. The molecule has 8 aromatic carbocycles. The van der Waals surface area contributed by atoms with Gasteiger partial charge in [0, 0.05) is 179 Å². The number of fused-ring (bicyclic) bond motifs is 16. The lowest BCUT2D eigenvalue weighted by molar-refractivity contribution is 0.0932. The lowest BCUT2D eigenvalue weighted by atomic mass is 9.97. The molecule has 6 heterocycles. The highest BCUT2D eigenvalue weighted by atomic mass is 35.5. The van der Waals surface area contributed by atoms with Crippen molar-refractivity contribution in [2.45, 2.75) is 178 Å². The highest BCUT2D eigenvalue weighted by Gasteiger charge is 2.31. The van der Waals surface area contributed by atoms with Gasteiger partial charge in [0.1, 0.15) is 11.5 Å². The average molecular weight is 1560 g/mol. The molecule has 4 aromatic heterocycles. The van der Waals surface area contributed by atoms with Gasteiger partial charge in [-0.05, 0) is 278 Å². The zero-order valence-electron chi connectivity index (χ0n) is 69.2. The molecule has 114 heavy (non-hydrogen) atoms. The summed E-state index contributed by atoms with van der Waals surface area (Å²) < 4.78 is 9.24. The molecule has 4 aliphatic rings. The number of likely N-dealkylation sites (tertiary alicyclic amines) is 2. The first-order chi connectivity index (χ1) is 54.1. The first-order valence-electron chi connectivity index (χ1n) is 40.9. The van der Waals surface area contributed by atoms with Crippen LogP contribution >= 0.6 is 12.4 Å². The topological polar surface area (TPSA) is 193 Å². The van der Waals surface area contributed by atoms with Crippen molar-refractivity contribution in [3.8, 4) is 11.5 Å². The Morgan fingerprint density at radius 3 is 1.24 bits per heavy atom. The van der Waals surface area contributed by atoms with Gasteiger partial charge >= 0.3 is 0 Å². The molecular formula is C96H113ClN8O9. The molecule has 2 fully saturated rings. The number of benzene rings is 8. The van der Waals surface area contributed by atoms with Gasteiger partial charge in [0.05, 0.1) is 22.2 Å². The minimum Gasteiger partial charge on any atom is -0.507 e. The Morgan fingerprint density at radius 1 is 0.456 bits per heavy atom. The summed E-state index contributed by atoms with van der Waals surface area (Å²) in [6.45, 7) is 32.5. The number of halogens is 1. The van der Waals surface area contributed by atoms with Gasteiger partial charge in [-0.1, -0.05) is 54.2 Å². The molecular weight excluding hydrogens is 1440 g/mol. The molecule has 0 amide bonds. The molecule has 17 nitrogen and oxygen atoms in total. The van der Waals surface area contributed by atoms with Crippen molar-refractivity contribution >= 4 is 146 Å². The number of aromatic nitrogens is 4. The number of rotatable bonds is 23. The van der Waals surface area contributed by atoms with Gasteiger partial charge in [0.2, 0.25) is 0 Å². The van der Waals surface area contributed by atoms with Crippen LogP contribution in [0.25, 0.3) is 92.8 Å². The van der Waals surface area contributed by atoms with Gasteiger partial charge in [-0.15, -0.1) is 12.4 Å². The molecule has 0 saturated carbocycles. The van der Waals surface area contributed by atoms with Gasteiger partial charge < -0.3 is 48.1 Å². The average Bonchev–Trinajstić information content (AvgIpc) is 1.63. The maximum absolute atomic E-state index is 12.6. The smallest absolute Gasteiger partial charge is 0.165 e. The second kappa shape index (κ2) is 35.1. The fraction of sp³-hybridized carbons (Fsp3) is 0.406. The van der Waals surface area contributed by atoms with Crippen LogP contribution in [0.3, 0.4) is 0 Å². The minimum atomic E-state index is -0.219. The molecule has 2 aliphatic heterocycles. The van der Waals surface area contributed by atoms with Crippen molar-refractivity contribution in [2.24, 2.45) is 11.8 Å². The summed E-state index contributed by atoms with van der Waals surface area (Å²) in [5.74, 6) is 0.0970. The number of allylic oxidation sites excluding steroid dienone is 1. The Morgan fingerprint density at radius 2 is 0.833 bits per heavy atom. The number of likely N-dealkylation sites (N-methyl/N-ethyl adjacent to an activating group) is 1. The monoisotopic (exact) mass is 1560 g/mol. The summed E-state index contributed by atoms with van der Waals surface area (Å²) in [5.41, 5.74) is 18.4. The number of ketones is 7. The molecule has 0 radical (unpaired) electrons. The third-order valence-corrected chi connectivity index (χ3v) is 24.6. The number of nitrogens with zero attached hydrogens (tertiary/aromatic N) is 8. The molecule has 2 atom stereocenters. The van der Waals surface area contributed by atoms with Crippen LogP contribution in [-0.2, 0) is 39.0 Å². The minimum absolute atomic E-state index is 0. The number of hydrogen-bond donors (Lipinski definition) is 2. The fourth-order valence-electron chi connectivity index (χ4n) is 18.2. The maximum atomic E-state index is 12.6. The van der Waals surface area contributed by atoms with E-state index in [1.54, 1.807) is 38.1 Å².